The number of nitrogens with two attached hydrogens (primary N) is 6. The number of likely N-dealkylation sites (tertiary alicyclic amines) is 2. The highest BCUT2D eigenvalue weighted by Gasteiger charge is 2.45. The van der Waals surface area contributed by atoms with Gasteiger partial charge in [0, 0.05) is 61.7 Å². The average Bonchev–Trinajstić information content (AvgIpc) is 1.64. The normalized spacial score (nSPS) is 17.1. The van der Waals surface area contributed by atoms with Gasteiger partial charge in [0.25, 0.3) is 0 Å². The molecule has 2 fully saturated rings. The first-order chi connectivity index (χ1) is 59.1. The van der Waals surface area contributed by atoms with Crippen LogP contribution in [0, 0.1) is 11.8 Å². The number of nitrogens with one attached hydrogen (secondary N) is 15. The van der Waals surface area contributed by atoms with E-state index in [2.05, 4.69) is 140 Å². The van der Waals surface area contributed by atoms with E-state index in [4.69, 9.17) is 39.5 Å². The van der Waals surface area contributed by atoms with Gasteiger partial charge in [-0.2, -0.15) is 50.5 Å². The predicted molar refractivity (Wildman–Crippen MR) is 453 cm³/mol. The molecule has 1 aromatic heterocycles. The number of aromatic amines is 1. The molecule has 17 unspecified atom stereocenters. The second-order valence-electron chi connectivity index (χ2n) is 29.9. The molecule has 1 aromatic rings. The summed E-state index contributed by atoms with van der Waals surface area (Å²) in [7, 11) is 0. The number of thiol groups is 4. The molecule has 51 nitrogen and oxygen atoms in total. The third-order valence-corrected chi connectivity index (χ3v) is 20.7. The first kappa shape index (κ1) is 108. The van der Waals surface area contributed by atoms with Crippen molar-refractivity contribution in [1.29, 1.82) is 0 Å². The van der Waals surface area contributed by atoms with Crippen LogP contribution in [0.5, 0.6) is 0 Å². The lowest BCUT2D eigenvalue weighted by Gasteiger charge is -2.31. The number of aliphatic hydroxyl groups is 1. The van der Waals surface area contributed by atoms with Gasteiger partial charge in [0.15, 0.2) is 5.96 Å². The Morgan fingerprint density at radius 1 is 0.444 bits per heavy atom. The molecule has 0 saturated carbocycles. The summed E-state index contributed by atoms with van der Waals surface area (Å²) < 4.78 is 0. The van der Waals surface area contributed by atoms with Crippen molar-refractivity contribution in [2.24, 2.45) is 51.2 Å². The summed E-state index contributed by atoms with van der Waals surface area (Å²) in [4.78, 5) is 307. The molecule has 2 aliphatic heterocycles. The Labute approximate surface area is 742 Å². The Bertz CT molecular complexity index is 4130. The van der Waals surface area contributed by atoms with Crippen LogP contribution in [0.2, 0.25) is 0 Å². The molecule has 19 amide bonds. The van der Waals surface area contributed by atoms with Gasteiger partial charge in [-0.25, -0.2) is 9.78 Å². The smallest absolute Gasteiger partial charge is 0.327 e. The number of aromatic nitrogens is 2. The molecule has 126 heavy (non-hydrogen) atoms. The molecule has 702 valence electrons. The molecular formula is C71H113N25O26S4. The van der Waals surface area contributed by atoms with E-state index in [1.165, 1.54) is 33.3 Å². The second-order valence-corrected chi connectivity index (χ2v) is 31.3. The molecule has 3 heterocycles. The molecule has 0 radical (unpaired) electrons. The lowest BCUT2D eigenvalue weighted by molar-refractivity contribution is -0.144. The zero-order chi connectivity index (χ0) is 95.3. The van der Waals surface area contributed by atoms with Gasteiger partial charge in [-0.05, 0) is 63.7 Å². The summed E-state index contributed by atoms with van der Waals surface area (Å²) >= 11 is 16.3. The fraction of sp³-hybridized carbons (Fsp3) is 0.634. The first-order valence-corrected chi connectivity index (χ1v) is 41.9. The van der Waals surface area contributed by atoms with E-state index < -0.39 is 307 Å². The number of aliphatic imine (C=N–C) groups is 1. The number of imidazole rings is 1. The van der Waals surface area contributed by atoms with Crippen LogP contribution in [0.15, 0.2) is 17.5 Å². The van der Waals surface area contributed by atoms with Crippen molar-refractivity contribution in [3.63, 3.8) is 0 Å². The third kappa shape index (κ3) is 35.6. The summed E-state index contributed by atoms with van der Waals surface area (Å²) in [5.41, 5.74) is 33.5. The number of aliphatic carboxylic acids is 3. The minimum absolute atomic E-state index is 0.0397. The van der Waals surface area contributed by atoms with Crippen LogP contribution in [0.25, 0.3) is 0 Å². The molecule has 0 spiro atoms. The average molecular weight is 1860 g/mol. The highest BCUT2D eigenvalue weighted by atomic mass is 32.1. The van der Waals surface area contributed by atoms with Crippen molar-refractivity contribution in [2.45, 2.75) is 221 Å². The number of primary amides is 3. The number of H-pyrrole nitrogens is 1. The van der Waals surface area contributed by atoms with E-state index in [1.54, 1.807) is 13.8 Å². The van der Waals surface area contributed by atoms with Gasteiger partial charge < -0.3 is 144 Å². The topological polar surface area (TPSA) is 829 Å². The Hall–Kier alpha value is -11.9. The van der Waals surface area contributed by atoms with Crippen LogP contribution >= 0.6 is 50.5 Å². The number of hydrogen-bond acceptors (Lipinski definition) is 30. The lowest BCUT2D eigenvalue weighted by atomic mass is 10.0. The fourth-order valence-electron chi connectivity index (χ4n) is 12.5. The van der Waals surface area contributed by atoms with Crippen molar-refractivity contribution >= 4 is 187 Å². The molecule has 0 bridgehead atoms. The molecule has 2 aliphatic rings. The number of carbonyl (C=O) groups excluding carboxylic acids is 19. The van der Waals surface area contributed by atoms with Crippen LogP contribution < -0.4 is 109 Å². The molecule has 0 aromatic carbocycles. The van der Waals surface area contributed by atoms with Crippen molar-refractivity contribution in [2.75, 3.05) is 49.3 Å². The second kappa shape index (κ2) is 53.5. The van der Waals surface area contributed by atoms with Crippen LogP contribution in [-0.2, 0) is 112 Å². The zero-order valence-electron chi connectivity index (χ0n) is 69.3. The van der Waals surface area contributed by atoms with Gasteiger partial charge in [-0.1, -0.05) is 27.7 Å². The largest absolute Gasteiger partial charge is 0.481 e. The number of carboxylic acid groups (broad SMARTS) is 3. The van der Waals surface area contributed by atoms with Crippen LogP contribution in [-0.4, -0.2) is 328 Å². The number of guanidine groups is 1. The zero-order valence-corrected chi connectivity index (χ0v) is 72.9. The van der Waals surface area contributed by atoms with Gasteiger partial charge in [-0.15, -0.1) is 0 Å². The van der Waals surface area contributed by atoms with Crippen LogP contribution in [0.3, 0.4) is 0 Å². The molecular weight excluding hydrogens is 1750 g/mol. The molecule has 31 N–H and O–H groups in total. The summed E-state index contributed by atoms with van der Waals surface area (Å²) in [6.45, 7) is 5.51. The van der Waals surface area contributed by atoms with Crippen molar-refractivity contribution in [3.8, 4) is 0 Å². The van der Waals surface area contributed by atoms with Crippen molar-refractivity contribution in [1.82, 2.24) is 94.2 Å². The lowest BCUT2D eigenvalue weighted by Crippen LogP contribution is -2.62. The van der Waals surface area contributed by atoms with Crippen LogP contribution in [0.4, 0.5) is 0 Å². The van der Waals surface area contributed by atoms with E-state index in [1.807, 2.05) is 0 Å². The Morgan fingerprint density at radius 2 is 0.817 bits per heavy atom. The van der Waals surface area contributed by atoms with Crippen molar-refractivity contribution in [3.05, 3.63) is 18.2 Å². The monoisotopic (exact) mass is 1860 g/mol. The SMILES string of the molecule is CC(NC(=O)C1CCCN1C(=O)C(CC(N)=O)NC(=O)C(CO)NC(=O)C(CS)NC(=O)C(CS)NC(=O)C(CCC(=O)O)NC(=O)C(N)CC(=O)O)C(=O)NC(CS)C(=O)NC(CCCN=C(N)N)C(=O)NC(C(=O)NC(CC(N)=O)C(=O)NC(CC(N)=O)C(=O)N1CCCC1C(=O)NC(Cc1c[nH]cn1)C(=O)NC(C(=O)NC(CS)C(=O)O)C(C)C)C(C)C. The Balaban J connectivity index is 1.79. The van der Waals surface area contributed by atoms with E-state index >= 15 is 0 Å². The van der Waals surface area contributed by atoms with Gasteiger partial charge in [-0.3, -0.25) is 106 Å². The highest BCUT2D eigenvalue weighted by molar-refractivity contribution is 7.80. The number of carboxylic acids is 3. The van der Waals surface area contributed by atoms with Crippen LogP contribution in [0.1, 0.15) is 117 Å². The molecule has 2 saturated heterocycles. The number of aliphatic hydroxyl groups excluding tert-OH is 1. The quantitative estimate of drug-likeness (QED) is 0.0125. The van der Waals surface area contributed by atoms with E-state index in [-0.39, 0.29) is 82.0 Å². The minimum atomic E-state index is -1.98. The van der Waals surface area contributed by atoms with Gasteiger partial charge in [0.05, 0.1) is 50.4 Å². The number of hydrogen-bond donors (Lipinski definition) is 29. The third-order valence-electron chi connectivity index (χ3n) is 19.3. The molecule has 0 aliphatic carbocycles. The Kier molecular flexibility index (Phi) is 46.0. The molecule has 3 rings (SSSR count). The van der Waals surface area contributed by atoms with E-state index in [0.29, 0.717) is 0 Å². The van der Waals surface area contributed by atoms with E-state index in [0.717, 1.165) is 9.80 Å². The number of nitrogens with zero attached hydrogens (tertiary/aromatic N) is 4. The maximum Gasteiger partial charge on any atom is 0.327 e. The van der Waals surface area contributed by atoms with Gasteiger partial charge in [0.2, 0.25) is 112 Å². The maximum absolute atomic E-state index is 14.5. The molecule has 55 heteroatoms. The Morgan fingerprint density at radius 3 is 1.23 bits per heavy atom. The maximum atomic E-state index is 14.5. The standard InChI is InChI=1S/C71H113N25O26S4/c1-29(2)52(66(117)85-37(19-47(73)98)58(109)86-38(20-48(74)99)68(119)96-16-8-11-46(96)65(116)84-36(17-32-22-78-28-80-32)59(110)94-53(30(3)4)67(118)92-44(27-126)70(121)122)93-57(108)34(9-6-14-79-71(76)77)83-61(112)41(24-123)89-54(105)31(5)81-64(115)45-10-7-15-95(45)69(120)39(21-49(75)100)87-60(111)40(23-97)88-62(113)42(25-124)91-63(114)43(26-125)90-56(107)35(12-13-50(101)102)82-55(106)33(72)18-51(103)104/h22,28-31,33-46,52-53,97,123-126H,6-21,23-27,72H2,1-5H3,(H2,73,98)(H2,74,99)(H2,75,100)(H,78,80)(H,81,115)(H,82,106)(H,83,112)(H,84,116)(H,85,117)(H,86,109)(H,87,111)(H,88,113)(H,89,105)(H,90,107)(H,91,114)(H,92,118)(H,93,108)(H,94,110)(H,101,102)(H,103,104)(H,121,122)(H4,76,77,79). The highest BCUT2D eigenvalue weighted by Crippen LogP contribution is 2.23. The van der Waals surface area contributed by atoms with E-state index in [9.17, 15) is 121 Å². The molecule has 17 atom stereocenters. The summed E-state index contributed by atoms with van der Waals surface area (Å²) in [5.74, 6) is -29.0. The summed E-state index contributed by atoms with van der Waals surface area (Å²) in [6.07, 6.45) is -2.70. The van der Waals surface area contributed by atoms with Gasteiger partial charge in [0.1, 0.15) is 96.7 Å². The summed E-state index contributed by atoms with van der Waals surface area (Å²) in [5, 5.41) is 70.8. The summed E-state index contributed by atoms with van der Waals surface area (Å²) in [6, 6.07) is -27.9. The number of amides is 19. The fourth-order valence-corrected chi connectivity index (χ4v) is 13.6. The van der Waals surface area contributed by atoms with Gasteiger partial charge >= 0.3 is 17.9 Å². The first-order valence-electron chi connectivity index (χ1n) is 39.3. The predicted octanol–water partition coefficient (Wildman–Crippen LogP) is -12.8. The number of carbonyl (C=O) groups is 22. The number of rotatable bonds is 55. The van der Waals surface area contributed by atoms with Crippen molar-refractivity contribution < 1.29 is 126 Å². The minimum Gasteiger partial charge on any atom is -0.481 e.